The number of ether oxygens (including phenoxy) is 1. The Balaban J connectivity index is 2.31. The molecule has 2 aromatic rings. The van der Waals surface area contributed by atoms with Crippen LogP contribution in [0.5, 0.6) is 5.75 Å². The van der Waals surface area contributed by atoms with Crippen molar-refractivity contribution in [3.8, 4) is 5.75 Å². The molecule has 0 saturated heterocycles. The number of nitrogens with one attached hydrogen (secondary N) is 1. The summed E-state index contributed by atoms with van der Waals surface area (Å²) in [5.41, 5.74) is 4.75. The van der Waals surface area contributed by atoms with Crippen LogP contribution in [0.25, 0.3) is 0 Å². The van der Waals surface area contributed by atoms with Gasteiger partial charge in [0, 0.05) is 5.69 Å². The van der Waals surface area contributed by atoms with Crippen molar-refractivity contribution in [2.45, 2.75) is 27.7 Å². The van der Waals surface area contributed by atoms with Gasteiger partial charge in [-0.15, -0.1) is 0 Å². The average Bonchev–Trinajstić information content (AvgIpc) is 2.43. The Kier molecular flexibility index (Phi) is 4.63. The van der Waals surface area contributed by atoms with Crippen LogP contribution < -0.4 is 10.1 Å². The van der Waals surface area contributed by atoms with Crippen molar-refractivity contribution in [3.05, 3.63) is 58.7 Å². The molecule has 2 rings (SSSR count). The molecule has 2 aromatic carbocycles. The Morgan fingerprint density at radius 1 is 1.10 bits per heavy atom. The zero-order valence-electron chi connectivity index (χ0n) is 13.0. The standard InChI is InChI=1S/C18H21NO2/c1-5-21-16-9-7-6-8-15(16)18(20)19-17-13(3)10-12(2)11-14(17)4/h6-11H,5H2,1-4H3,(H,19,20). The van der Waals surface area contributed by atoms with Crippen LogP contribution in [-0.4, -0.2) is 12.5 Å². The zero-order valence-corrected chi connectivity index (χ0v) is 13.0. The molecule has 0 aliphatic rings. The quantitative estimate of drug-likeness (QED) is 0.910. The SMILES string of the molecule is CCOc1ccccc1C(=O)Nc1c(C)cc(C)cc1C. The zero-order chi connectivity index (χ0) is 15.4. The van der Waals surface area contributed by atoms with Gasteiger partial charge in [-0.05, 0) is 51.0 Å². The summed E-state index contributed by atoms with van der Waals surface area (Å²) in [5.74, 6) is 0.467. The highest BCUT2D eigenvalue weighted by atomic mass is 16.5. The van der Waals surface area contributed by atoms with Gasteiger partial charge in [0.05, 0.1) is 12.2 Å². The summed E-state index contributed by atoms with van der Waals surface area (Å²) in [7, 11) is 0. The summed E-state index contributed by atoms with van der Waals surface area (Å²) in [6.07, 6.45) is 0. The number of carbonyl (C=O) groups excluding carboxylic acids is 1. The Hall–Kier alpha value is -2.29. The van der Waals surface area contributed by atoms with Crippen molar-refractivity contribution >= 4 is 11.6 Å². The van der Waals surface area contributed by atoms with Crippen LogP contribution in [0.15, 0.2) is 36.4 Å². The van der Waals surface area contributed by atoms with Crippen LogP contribution in [0, 0.1) is 20.8 Å². The molecular formula is C18H21NO2. The lowest BCUT2D eigenvalue weighted by Gasteiger charge is -2.14. The number of hydrogen-bond acceptors (Lipinski definition) is 2. The summed E-state index contributed by atoms with van der Waals surface area (Å²) in [4.78, 5) is 12.5. The first-order valence-corrected chi connectivity index (χ1v) is 7.14. The average molecular weight is 283 g/mol. The van der Waals surface area contributed by atoms with Gasteiger partial charge in [0.1, 0.15) is 5.75 Å². The van der Waals surface area contributed by atoms with E-state index in [1.54, 1.807) is 6.07 Å². The Morgan fingerprint density at radius 3 is 2.33 bits per heavy atom. The summed E-state index contributed by atoms with van der Waals surface area (Å²) in [6.45, 7) is 8.50. The third-order valence-corrected chi connectivity index (χ3v) is 3.35. The van der Waals surface area contributed by atoms with Gasteiger partial charge < -0.3 is 10.1 Å². The number of rotatable bonds is 4. The summed E-state index contributed by atoms with van der Waals surface area (Å²) < 4.78 is 5.51. The van der Waals surface area contributed by atoms with E-state index in [0.29, 0.717) is 17.9 Å². The first kappa shape index (κ1) is 15.1. The highest BCUT2D eigenvalue weighted by molar-refractivity contribution is 6.06. The van der Waals surface area contributed by atoms with Crippen molar-refractivity contribution in [1.29, 1.82) is 0 Å². The minimum atomic E-state index is -0.144. The molecule has 0 aliphatic heterocycles. The second-order valence-corrected chi connectivity index (χ2v) is 5.16. The molecule has 21 heavy (non-hydrogen) atoms. The van der Waals surface area contributed by atoms with Crippen molar-refractivity contribution < 1.29 is 9.53 Å². The van der Waals surface area contributed by atoms with Crippen LogP contribution in [0.2, 0.25) is 0 Å². The lowest BCUT2D eigenvalue weighted by molar-refractivity contribution is 0.102. The Morgan fingerprint density at radius 2 is 1.71 bits per heavy atom. The number of amides is 1. The Labute approximate surface area is 126 Å². The highest BCUT2D eigenvalue weighted by Gasteiger charge is 2.14. The van der Waals surface area contributed by atoms with Crippen LogP contribution >= 0.6 is 0 Å². The number of para-hydroxylation sites is 1. The molecule has 0 aromatic heterocycles. The second kappa shape index (κ2) is 6.44. The summed E-state index contributed by atoms with van der Waals surface area (Å²) >= 11 is 0. The van der Waals surface area contributed by atoms with Crippen molar-refractivity contribution in [2.24, 2.45) is 0 Å². The predicted molar refractivity (Wildman–Crippen MR) is 86.2 cm³/mol. The minimum Gasteiger partial charge on any atom is -0.493 e. The molecule has 1 amide bonds. The fourth-order valence-corrected chi connectivity index (χ4v) is 2.49. The van der Waals surface area contributed by atoms with E-state index in [9.17, 15) is 4.79 Å². The lowest BCUT2D eigenvalue weighted by Crippen LogP contribution is -2.15. The van der Waals surface area contributed by atoms with Crippen molar-refractivity contribution in [3.63, 3.8) is 0 Å². The first-order chi connectivity index (χ1) is 10.0. The largest absolute Gasteiger partial charge is 0.493 e. The van der Waals surface area contributed by atoms with Crippen molar-refractivity contribution in [2.75, 3.05) is 11.9 Å². The van der Waals surface area contributed by atoms with Gasteiger partial charge in [0.25, 0.3) is 5.91 Å². The number of hydrogen-bond donors (Lipinski definition) is 1. The van der Waals surface area contributed by atoms with E-state index in [2.05, 4.69) is 24.4 Å². The molecule has 0 radical (unpaired) electrons. The summed E-state index contributed by atoms with van der Waals surface area (Å²) in [6, 6.07) is 11.4. The molecule has 3 heteroatoms. The fraction of sp³-hybridized carbons (Fsp3) is 0.278. The van der Waals surface area contributed by atoms with Crippen LogP contribution in [-0.2, 0) is 0 Å². The molecule has 0 aliphatic carbocycles. The Bertz CT molecular complexity index is 639. The normalized spacial score (nSPS) is 10.3. The molecular weight excluding hydrogens is 262 g/mol. The molecule has 1 N–H and O–H groups in total. The molecule has 0 heterocycles. The van der Waals surface area contributed by atoms with Crippen LogP contribution in [0.1, 0.15) is 34.0 Å². The van der Waals surface area contributed by atoms with Gasteiger partial charge in [0.15, 0.2) is 0 Å². The maximum absolute atomic E-state index is 12.5. The van der Waals surface area contributed by atoms with Crippen LogP contribution in [0.3, 0.4) is 0 Å². The number of aryl methyl sites for hydroxylation is 3. The molecule has 110 valence electrons. The topological polar surface area (TPSA) is 38.3 Å². The molecule has 0 fully saturated rings. The molecule has 0 unspecified atom stereocenters. The van der Waals surface area contributed by atoms with Gasteiger partial charge in [0.2, 0.25) is 0 Å². The smallest absolute Gasteiger partial charge is 0.259 e. The van der Waals surface area contributed by atoms with Crippen LogP contribution in [0.4, 0.5) is 5.69 Å². The predicted octanol–water partition coefficient (Wildman–Crippen LogP) is 4.26. The van der Waals surface area contributed by atoms with Gasteiger partial charge in [-0.2, -0.15) is 0 Å². The third kappa shape index (κ3) is 3.43. The third-order valence-electron chi connectivity index (χ3n) is 3.35. The van der Waals surface area contributed by atoms with Gasteiger partial charge in [-0.1, -0.05) is 29.8 Å². The van der Waals surface area contributed by atoms with Gasteiger partial charge in [-0.3, -0.25) is 4.79 Å². The van der Waals surface area contributed by atoms with Gasteiger partial charge in [-0.25, -0.2) is 0 Å². The number of benzene rings is 2. The van der Waals surface area contributed by atoms with E-state index in [1.807, 2.05) is 39.0 Å². The fourth-order valence-electron chi connectivity index (χ4n) is 2.49. The molecule has 0 saturated carbocycles. The van der Waals surface area contributed by atoms with Crippen molar-refractivity contribution in [1.82, 2.24) is 0 Å². The van der Waals surface area contributed by atoms with E-state index in [1.165, 1.54) is 5.56 Å². The van der Waals surface area contributed by atoms with E-state index in [0.717, 1.165) is 16.8 Å². The molecule has 0 atom stereocenters. The van der Waals surface area contributed by atoms with E-state index < -0.39 is 0 Å². The second-order valence-electron chi connectivity index (χ2n) is 5.16. The summed E-state index contributed by atoms with van der Waals surface area (Å²) in [5, 5.41) is 3.00. The number of anilines is 1. The maximum atomic E-state index is 12.5. The minimum absolute atomic E-state index is 0.144. The highest BCUT2D eigenvalue weighted by Crippen LogP contribution is 2.24. The molecule has 3 nitrogen and oxygen atoms in total. The lowest BCUT2D eigenvalue weighted by atomic mass is 10.0. The van der Waals surface area contributed by atoms with Gasteiger partial charge >= 0.3 is 0 Å². The van der Waals surface area contributed by atoms with E-state index in [4.69, 9.17) is 4.74 Å². The van der Waals surface area contributed by atoms with E-state index >= 15 is 0 Å². The molecule has 0 spiro atoms. The number of carbonyl (C=O) groups is 1. The molecule has 0 bridgehead atoms. The monoisotopic (exact) mass is 283 g/mol. The first-order valence-electron chi connectivity index (χ1n) is 7.14. The maximum Gasteiger partial charge on any atom is 0.259 e. The van der Waals surface area contributed by atoms with E-state index in [-0.39, 0.29) is 5.91 Å².